The number of nitrogens with one attached hydrogen (secondary N) is 1. The van der Waals surface area contributed by atoms with Gasteiger partial charge in [0.25, 0.3) is 5.24 Å². The third kappa shape index (κ3) is 13.0. The van der Waals surface area contributed by atoms with E-state index in [2.05, 4.69) is 31.8 Å². The molecule has 0 aromatic carbocycles. The SMILES string of the molecule is CCC(=O)O[C@]1(C(=O)S)[C@H](C)CC2C3C[C@H](F)C4=CC(=O)C=C[C@]4(C)[C@@]3(F)[C@@H](O)C[C@@]21C.CCC(=O)O[C@]1(C(=O)SC(=O)N(C)C)[C@H](C)CC2C3C[C@H](F)C4=CC(=O)C=C[C@]4(C)[C@@]3(F)[C@@H](O)C[C@@]21C.CCC(=O)O[C@]1(C(=O)SCF)[C@H](C)CC2C3C[C@H](F)C4=CC(=O)C=C[C@]4(C)[C@@]3(F)[C@@H](O)C[C@@]21C.CCNCC.Cl. The summed E-state index contributed by atoms with van der Waals surface area (Å²) in [6, 6.07) is -1.02. The zero-order chi connectivity index (χ0) is 81.0. The van der Waals surface area contributed by atoms with Gasteiger partial charge in [0.15, 0.2) is 51.2 Å². The van der Waals surface area contributed by atoms with Gasteiger partial charge in [-0.1, -0.05) is 94.4 Å². The van der Waals surface area contributed by atoms with E-state index in [1.54, 1.807) is 62.3 Å². The fourth-order valence-electron chi connectivity index (χ4n) is 23.1. The second-order valence-corrected chi connectivity index (χ2v) is 35.7. The molecule has 0 heterocycles. The number of nitrogens with zero attached hydrogens (tertiary/aromatic N) is 1. The number of rotatable bonds is 12. The highest BCUT2D eigenvalue weighted by molar-refractivity contribution is 8.26. The minimum Gasteiger partial charge on any atom is -0.449 e. The number of aliphatic hydroxyl groups is 3. The minimum absolute atomic E-state index is 0. The molecule has 0 aromatic rings. The number of ketones is 3. The van der Waals surface area contributed by atoms with Gasteiger partial charge in [-0.05, 0) is 174 Å². The van der Waals surface area contributed by atoms with Crippen LogP contribution in [0.5, 0.6) is 0 Å². The lowest BCUT2D eigenvalue weighted by Gasteiger charge is -2.63. The van der Waals surface area contributed by atoms with Gasteiger partial charge in [0, 0.05) is 113 Å². The molecule has 12 aliphatic carbocycles. The molecule has 9 saturated carbocycles. The van der Waals surface area contributed by atoms with Crippen molar-refractivity contribution in [3.8, 4) is 0 Å². The Hall–Kier alpha value is -4.97. The second kappa shape index (κ2) is 31.7. The highest BCUT2D eigenvalue weighted by atomic mass is 35.5. The van der Waals surface area contributed by atoms with E-state index in [1.165, 1.54) is 76.2 Å². The molecule has 12 rings (SSSR count). The molecule has 18 nitrogen and oxygen atoms in total. The van der Waals surface area contributed by atoms with Crippen molar-refractivity contribution in [3.05, 3.63) is 71.4 Å². The number of hydrogen-bond donors (Lipinski definition) is 5. The second-order valence-electron chi connectivity index (χ2n) is 33.5. The maximum Gasteiger partial charge on any atom is 0.306 e. The van der Waals surface area contributed by atoms with Crippen LogP contribution >= 0.6 is 48.6 Å². The number of hydrogen-bond acceptors (Lipinski definition) is 19. The van der Waals surface area contributed by atoms with Crippen LogP contribution in [-0.2, 0) is 57.4 Å². The van der Waals surface area contributed by atoms with Gasteiger partial charge >= 0.3 is 17.9 Å². The smallest absolute Gasteiger partial charge is 0.306 e. The Kier molecular flexibility index (Phi) is 26.0. The van der Waals surface area contributed by atoms with Crippen molar-refractivity contribution < 1.29 is 108 Å². The molecule has 4 N–H and O–H groups in total. The molecule has 12 aliphatic rings. The van der Waals surface area contributed by atoms with E-state index in [0.29, 0.717) is 29.9 Å². The molecule has 29 heteroatoms. The van der Waals surface area contributed by atoms with Crippen LogP contribution in [0.1, 0.15) is 174 Å². The summed E-state index contributed by atoms with van der Waals surface area (Å²) in [5.41, 5.74) is -20.2. The van der Waals surface area contributed by atoms with Crippen LogP contribution in [0.15, 0.2) is 71.4 Å². The number of thiol groups is 1. The van der Waals surface area contributed by atoms with Crippen molar-refractivity contribution in [1.82, 2.24) is 10.2 Å². The van der Waals surface area contributed by atoms with Gasteiger partial charge in [-0.15, -0.1) is 25.0 Å². The van der Waals surface area contributed by atoms with Gasteiger partial charge in [-0.3, -0.25) is 47.9 Å². The number of ether oxygens (including phenoxy) is 3. The van der Waals surface area contributed by atoms with E-state index in [0.717, 1.165) is 31.3 Å². The fraction of sp³-hybridized carbons (Fsp3) is 0.725. The summed E-state index contributed by atoms with van der Waals surface area (Å²) in [5.74, 6) is -9.60. The third-order valence-electron chi connectivity index (χ3n) is 28.4. The zero-order valence-electron chi connectivity index (χ0n) is 64.9. The molecule has 1 amide bonds. The number of carbonyl (C=O) groups excluding carboxylic acids is 10. The third-order valence-corrected chi connectivity index (χ3v) is 30.4. The van der Waals surface area contributed by atoms with Crippen LogP contribution in [0, 0.1) is 85.8 Å². The first-order valence-electron chi connectivity index (χ1n) is 37.8. The van der Waals surface area contributed by atoms with E-state index in [4.69, 9.17) is 14.2 Å². The molecular formula is C80H108ClF7N2O16S3. The minimum atomic E-state index is -2.32. The Morgan fingerprint density at radius 1 is 0.505 bits per heavy atom. The molecule has 608 valence electrons. The van der Waals surface area contributed by atoms with Gasteiger partial charge < -0.3 is 39.7 Å². The first kappa shape index (κ1) is 89.6. The zero-order valence-corrected chi connectivity index (χ0v) is 68.2. The van der Waals surface area contributed by atoms with Gasteiger partial charge in [0.1, 0.15) is 24.5 Å². The predicted molar refractivity (Wildman–Crippen MR) is 403 cm³/mol. The van der Waals surface area contributed by atoms with Gasteiger partial charge in [0.05, 0.1) is 18.3 Å². The molecule has 0 radical (unpaired) electrons. The van der Waals surface area contributed by atoms with Crippen molar-refractivity contribution >= 4 is 104 Å². The van der Waals surface area contributed by atoms with Crippen molar-refractivity contribution in [2.24, 2.45) is 85.8 Å². The van der Waals surface area contributed by atoms with E-state index < -0.39 is 218 Å². The lowest BCUT2D eigenvalue weighted by molar-refractivity contribution is -0.228. The summed E-state index contributed by atoms with van der Waals surface area (Å²) in [5, 5.41) is 34.8. The Morgan fingerprint density at radius 3 is 1.06 bits per heavy atom. The number of fused-ring (bicyclic) bond motifs is 15. The quantitative estimate of drug-likeness (QED) is 0.0526. The lowest BCUT2D eigenvalue weighted by Crippen LogP contribution is -2.70. The number of aliphatic hydroxyl groups excluding tert-OH is 3. The van der Waals surface area contributed by atoms with Crippen molar-refractivity contribution in [2.75, 3.05) is 33.2 Å². The van der Waals surface area contributed by atoms with Gasteiger partial charge in [-0.25, -0.2) is 30.7 Å². The molecule has 0 aliphatic heterocycles. The first-order chi connectivity index (χ1) is 50.1. The largest absolute Gasteiger partial charge is 0.449 e. The normalized spacial score (nSPS) is 44.7. The summed E-state index contributed by atoms with van der Waals surface area (Å²) in [4.78, 5) is 127. The molecular weight excluding hydrogens is 1510 g/mol. The van der Waals surface area contributed by atoms with E-state index in [-0.39, 0.29) is 99.8 Å². The molecule has 0 saturated heterocycles. The van der Waals surface area contributed by atoms with E-state index >= 15 is 26.3 Å². The summed E-state index contributed by atoms with van der Waals surface area (Å²) >= 11 is 4.91. The van der Waals surface area contributed by atoms with Gasteiger partial charge in [0.2, 0.25) is 15.3 Å². The van der Waals surface area contributed by atoms with Crippen molar-refractivity contribution in [2.45, 2.75) is 245 Å². The van der Waals surface area contributed by atoms with Crippen LogP contribution in [0.2, 0.25) is 0 Å². The summed E-state index contributed by atoms with van der Waals surface area (Å²) < 4.78 is 129. The van der Waals surface area contributed by atoms with Gasteiger partial charge in [-0.2, -0.15) is 0 Å². The Labute approximate surface area is 654 Å². The van der Waals surface area contributed by atoms with Crippen LogP contribution in [0.25, 0.3) is 0 Å². The molecule has 0 bridgehead atoms. The number of amides is 1. The van der Waals surface area contributed by atoms with Crippen LogP contribution in [-0.4, -0.2) is 180 Å². The van der Waals surface area contributed by atoms with Crippen molar-refractivity contribution in [3.63, 3.8) is 0 Å². The number of halogens is 8. The Morgan fingerprint density at radius 2 is 0.789 bits per heavy atom. The molecule has 0 spiro atoms. The first-order valence-corrected chi connectivity index (χ1v) is 40.0. The average molecular weight is 1620 g/mol. The standard InChI is InChI=1S/C27H35F2NO6S.C25H31F3O5S.C24H30F2O5S.C4H11N.ClH/c1-7-21(33)36-27(22(34)37-23(35)30(5)6)14(2)10-16-17-12-19(28)18-11-15(31)8-9-24(18,3)26(17,29)20(32)13-25(16,27)4;1-5-20(31)33-25(21(32)34-12-26)13(2)8-15-16-10-18(27)17-9-14(29)6-7-22(17,3)24(16,28)19(30)11-23(15,25)4;1-5-19(29)31-24(20(30)32)12(2)8-14-15-10-17(25)16-9-13(27)6-7-21(16,3)23(15,26)18(28)11-22(14,24)4;1-3-5-4-2;/h8-9,11,14,16-17,19-20,32H,7,10,12-13H2,1-6H3;6-7,9,13,15-16,18-19,30H,5,8,10-12H2,1-4H3;6-7,9,12,14-15,17-18,28H,5,8,10-11H2,1-4H3,(H,30,32);5H,3-4H2,1-2H3;1H/t14-,16?,17?,19+,20+,24+,25+,26+,27+;13-,15?,16?,18+,19+,22+,23+,24+,25+;12-,14?,15?,17+,18+,21+,22+,23+,24+;;/m111../s1. The highest BCUT2D eigenvalue weighted by Crippen LogP contribution is 2.76. The Bertz CT molecular complexity index is 3860. The maximum absolute atomic E-state index is 17.4. The van der Waals surface area contributed by atoms with Crippen molar-refractivity contribution in [1.29, 1.82) is 0 Å². The number of allylic oxidation sites excluding steroid dienone is 12. The molecule has 9 fully saturated rings. The van der Waals surface area contributed by atoms with E-state index in [9.17, 15) is 67.7 Å². The van der Waals surface area contributed by atoms with E-state index in [1.807, 2.05) is 0 Å². The molecule has 109 heavy (non-hydrogen) atoms. The Balaban J connectivity index is 0.000000199. The molecule has 0 aromatic heterocycles. The highest BCUT2D eigenvalue weighted by Gasteiger charge is 2.82. The fourth-order valence-corrected chi connectivity index (χ4v) is 25.4. The number of esters is 3. The number of carbonyl (C=O) groups is 10. The number of thioether (sulfide) groups is 2. The van der Waals surface area contributed by atoms with Crippen LogP contribution in [0.4, 0.5) is 35.5 Å². The summed E-state index contributed by atoms with van der Waals surface area (Å²) in [7, 11) is 2.99. The lowest BCUT2D eigenvalue weighted by atomic mass is 9.44. The molecule has 27 atom stereocenters. The summed E-state index contributed by atoms with van der Waals surface area (Å²) in [6.45, 7) is 26.0. The average Bonchev–Trinajstić information content (AvgIpc) is 1.56. The maximum atomic E-state index is 17.4. The topological polar surface area (TPSA) is 274 Å². The molecule has 6 unspecified atom stereocenters. The predicted octanol–water partition coefficient (Wildman–Crippen LogP) is 13.4. The van der Waals surface area contributed by atoms with Crippen LogP contribution < -0.4 is 5.32 Å². The monoisotopic (exact) mass is 1620 g/mol. The summed E-state index contributed by atoms with van der Waals surface area (Å²) in [6.07, 6.45) is 0.897. The van der Waals surface area contributed by atoms with Crippen LogP contribution in [0.3, 0.4) is 0 Å². The number of alkyl halides is 7.